The molecule has 1 aliphatic rings. The Kier molecular flexibility index (Phi) is 5.38. The lowest BCUT2D eigenvalue weighted by Crippen LogP contribution is -2.25. The van der Waals surface area contributed by atoms with E-state index in [9.17, 15) is 8.42 Å². The zero-order valence-electron chi connectivity index (χ0n) is 14.4. The fraction of sp³-hybridized carbons (Fsp3) is 0.316. The van der Waals surface area contributed by atoms with Crippen LogP contribution in [-0.2, 0) is 16.6 Å². The van der Waals surface area contributed by atoms with E-state index in [1.165, 1.54) is 5.56 Å². The van der Waals surface area contributed by atoms with Gasteiger partial charge >= 0.3 is 0 Å². The van der Waals surface area contributed by atoms with Crippen LogP contribution in [0.2, 0.25) is 0 Å². The summed E-state index contributed by atoms with van der Waals surface area (Å²) >= 11 is 0. The zero-order chi connectivity index (χ0) is 17.7. The van der Waals surface area contributed by atoms with E-state index < -0.39 is 10.0 Å². The van der Waals surface area contributed by atoms with Crippen molar-refractivity contribution in [2.75, 3.05) is 18.4 Å². The summed E-state index contributed by atoms with van der Waals surface area (Å²) in [5, 5.41) is 3.29. The molecule has 0 unspecified atom stereocenters. The van der Waals surface area contributed by atoms with Gasteiger partial charge in [0.2, 0.25) is 0 Å². The average molecular weight is 357 g/mol. The highest BCUT2D eigenvalue weighted by Crippen LogP contribution is 2.20. The number of rotatable bonds is 6. The third-order valence-electron chi connectivity index (χ3n) is 4.29. The van der Waals surface area contributed by atoms with Crippen molar-refractivity contribution in [3.05, 3.63) is 60.2 Å². The molecule has 0 radical (unpaired) electrons. The predicted molar refractivity (Wildman–Crippen MR) is 101 cm³/mol. The number of hydrogen-bond donors (Lipinski definition) is 1. The largest absolute Gasteiger partial charge is 0.381 e. The third-order valence-corrected chi connectivity index (χ3v) is 5.61. The maximum absolute atomic E-state index is 12.5. The molecule has 3 rings (SSSR count). The topological polar surface area (TPSA) is 61.8 Å². The Balaban J connectivity index is 1.70. The molecule has 0 saturated carbocycles. The van der Waals surface area contributed by atoms with Gasteiger partial charge in [-0.25, -0.2) is 0 Å². The molecule has 132 valence electrons. The molecule has 1 heterocycles. The summed E-state index contributed by atoms with van der Waals surface area (Å²) in [7, 11) is -3.65. The normalized spacial score (nSPS) is 16.4. The summed E-state index contributed by atoms with van der Waals surface area (Å²) in [5.74, 6) is 0.675. The van der Waals surface area contributed by atoms with Crippen molar-refractivity contribution < 1.29 is 8.42 Å². The fourth-order valence-electron chi connectivity index (χ4n) is 2.90. The Morgan fingerprint density at radius 3 is 2.48 bits per heavy atom. The highest BCUT2D eigenvalue weighted by molar-refractivity contribution is 7.90. The number of nitrogens with one attached hydrogen (secondary N) is 1. The van der Waals surface area contributed by atoms with Crippen LogP contribution in [0.1, 0.15) is 25.3 Å². The predicted octanol–water partition coefficient (Wildman–Crippen LogP) is 3.50. The highest BCUT2D eigenvalue weighted by Gasteiger charge is 2.21. The molecule has 0 amide bonds. The summed E-state index contributed by atoms with van der Waals surface area (Å²) in [4.78, 5) is 2.25. The second kappa shape index (κ2) is 7.70. The second-order valence-electron chi connectivity index (χ2n) is 6.03. The SMILES string of the molecule is CCN1CCC/C1=N\S(=O)(=O)c1ccc(NCc2ccccc2)cc1. The lowest BCUT2D eigenvalue weighted by atomic mass is 10.2. The maximum atomic E-state index is 12.5. The van der Waals surface area contributed by atoms with E-state index in [4.69, 9.17) is 0 Å². The van der Waals surface area contributed by atoms with Gasteiger partial charge in [-0.05, 0) is 43.2 Å². The van der Waals surface area contributed by atoms with Gasteiger partial charge in [-0.3, -0.25) is 0 Å². The van der Waals surface area contributed by atoms with Gasteiger partial charge in [-0.2, -0.15) is 8.42 Å². The van der Waals surface area contributed by atoms with Gasteiger partial charge in [0.25, 0.3) is 10.0 Å². The molecule has 0 bridgehead atoms. The lowest BCUT2D eigenvalue weighted by Gasteiger charge is -2.15. The van der Waals surface area contributed by atoms with Crippen molar-refractivity contribution in [2.45, 2.75) is 31.2 Å². The first-order valence-electron chi connectivity index (χ1n) is 8.55. The van der Waals surface area contributed by atoms with Crippen molar-refractivity contribution >= 4 is 21.5 Å². The van der Waals surface area contributed by atoms with Crippen LogP contribution in [0.3, 0.4) is 0 Å². The Morgan fingerprint density at radius 2 is 1.80 bits per heavy atom. The van der Waals surface area contributed by atoms with E-state index in [2.05, 4.69) is 9.71 Å². The van der Waals surface area contributed by atoms with Crippen molar-refractivity contribution in [3.8, 4) is 0 Å². The van der Waals surface area contributed by atoms with Crippen molar-refractivity contribution in [1.29, 1.82) is 0 Å². The third kappa shape index (κ3) is 4.39. The minimum Gasteiger partial charge on any atom is -0.381 e. The van der Waals surface area contributed by atoms with E-state index in [-0.39, 0.29) is 4.90 Å². The molecule has 1 fully saturated rings. The second-order valence-corrected chi connectivity index (χ2v) is 7.63. The maximum Gasteiger partial charge on any atom is 0.283 e. The van der Waals surface area contributed by atoms with E-state index in [0.29, 0.717) is 12.4 Å². The van der Waals surface area contributed by atoms with Gasteiger partial charge in [-0.1, -0.05) is 30.3 Å². The number of amidine groups is 1. The minimum atomic E-state index is -3.65. The van der Waals surface area contributed by atoms with Gasteiger partial charge in [0.15, 0.2) is 0 Å². The van der Waals surface area contributed by atoms with Crippen molar-refractivity contribution in [1.82, 2.24) is 4.90 Å². The summed E-state index contributed by atoms with van der Waals surface area (Å²) in [6.45, 7) is 4.38. The Morgan fingerprint density at radius 1 is 1.08 bits per heavy atom. The van der Waals surface area contributed by atoms with Crippen LogP contribution in [0.5, 0.6) is 0 Å². The van der Waals surface area contributed by atoms with Crippen LogP contribution in [0, 0.1) is 0 Å². The highest BCUT2D eigenvalue weighted by atomic mass is 32.2. The molecule has 0 atom stereocenters. The number of benzene rings is 2. The lowest BCUT2D eigenvalue weighted by molar-refractivity contribution is 0.479. The molecule has 0 spiro atoms. The van der Waals surface area contributed by atoms with Gasteiger partial charge < -0.3 is 10.2 Å². The Bertz CT molecular complexity index is 831. The minimum absolute atomic E-state index is 0.230. The van der Waals surface area contributed by atoms with Crippen LogP contribution >= 0.6 is 0 Å². The molecule has 0 aromatic heterocycles. The zero-order valence-corrected chi connectivity index (χ0v) is 15.2. The van der Waals surface area contributed by atoms with Crippen LogP contribution < -0.4 is 5.32 Å². The molecular formula is C19H23N3O2S. The fourth-order valence-corrected chi connectivity index (χ4v) is 3.97. The molecule has 1 N–H and O–H groups in total. The van der Waals surface area contributed by atoms with Gasteiger partial charge in [0.05, 0.1) is 4.90 Å². The molecule has 2 aromatic carbocycles. The number of nitrogens with zero attached hydrogens (tertiary/aromatic N) is 2. The van der Waals surface area contributed by atoms with E-state index >= 15 is 0 Å². The van der Waals surface area contributed by atoms with Crippen LogP contribution in [0.15, 0.2) is 63.9 Å². The number of sulfonamides is 1. The van der Waals surface area contributed by atoms with E-state index in [0.717, 1.165) is 31.6 Å². The van der Waals surface area contributed by atoms with E-state index in [1.807, 2.05) is 42.2 Å². The van der Waals surface area contributed by atoms with Gasteiger partial charge in [-0.15, -0.1) is 4.40 Å². The summed E-state index contributed by atoms with van der Waals surface area (Å²) in [6.07, 6.45) is 1.69. The van der Waals surface area contributed by atoms with Gasteiger partial charge in [0.1, 0.15) is 5.84 Å². The Hall–Kier alpha value is -2.34. The summed E-state index contributed by atoms with van der Waals surface area (Å²) in [5.41, 5.74) is 2.05. The van der Waals surface area contributed by atoms with Gasteiger partial charge in [0, 0.05) is 31.7 Å². The number of anilines is 1. The standard InChI is InChI=1S/C19H23N3O2S/c1-2-22-14-6-9-19(22)21-25(23,24)18-12-10-17(11-13-18)20-15-16-7-4-3-5-8-16/h3-5,7-8,10-13,20H,2,6,9,14-15H2,1H3/b21-19+. The number of likely N-dealkylation sites (tertiary alicyclic amines) is 1. The molecule has 2 aromatic rings. The van der Waals surface area contributed by atoms with E-state index in [1.54, 1.807) is 24.3 Å². The van der Waals surface area contributed by atoms with Crippen LogP contribution in [-0.4, -0.2) is 32.2 Å². The number of hydrogen-bond acceptors (Lipinski definition) is 3. The first-order valence-corrected chi connectivity index (χ1v) is 9.99. The molecule has 25 heavy (non-hydrogen) atoms. The van der Waals surface area contributed by atoms with Crippen LogP contribution in [0.25, 0.3) is 0 Å². The molecule has 6 heteroatoms. The Labute approximate surface area is 149 Å². The summed E-state index contributed by atoms with van der Waals surface area (Å²) in [6, 6.07) is 16.8. The first-order chi connectivity index (χ1) is 12.1. The molecule has 1 aliphatic heterocycles. The average Bonchev–Trinajstić information content (AvgIpc) is 3.07. The molecular weight excluding hydrogens is 334 g/mol. The molecule has 0 aliphatic carbocycles. The summed E-state index contributed by atoms with van der Waals surface area (Å²) < 4.78 is 29.1. The van der Waals surface area contributed by atoms with Crippen molar-refractivity contribution in [2.24, 2.45) is 4.40 Å². The van der Waals surface area contributed by atoms with Crippen LogP contribution in [0.4, 0.5) is 5.69 Å². The molecule has 1 saturated heterocycles. The quantitative estimate of drug-likeness (QED) is 0.859. The first kappa shape index (κ1) is 17.5. The molecule has 5 nitrogen and oxygen atoms in total. The smallest absolute Gasteiger partial charge is 0.283 e. The van der Waals surface area contributed by atoms with Crippen molar-refractivity contribution in [3.63, 3.8) is 0 Å². The monoisotopic (exact) mass is 357 g/mol.